The van der Waals surface area contributed by atoms with E-state index in [0.29, 0.717) is 13.2 Å². The number of cyclic esters (lactones) is 1. The zero-order valence-corrected chi connectivity index (χ0v) is 15.0. The van der Waals surface area contributed by atoms with Gasteiger partial charge in [-0.3, -0.25) is 9.69 Å². The van der Waals surface area contributed by atoms with Crippen LogP contribution < -0.4 is 10.6 Å². The summed E-state index contributed by atoms with van der Waals surface area (Å²) >= 11 is 0. The maximum atomic E-state index is 12.6. The first-order chi connectivity index (χ1) is 12.7. The monoisotopic (exact) mass is 359 g/mol. The minimum atomic E-state index is -0.426. The van der Waals surface area contributed by atoms with Crippen molar-refractivity contribution in [2.24, 2.45) is 0 Å². The highest BCUT2D eigenvalue weighted by Gasteiger charge is 2.53. The highest BCUT2D eigenvalue weighted by Crippen LogP contribution is 2.51. The summed E-state index contributed by atoms with van der Waals surface area (Å²) in [5.74, 6) is -0.184. The average Bonchev–Trinajstić information content (AvgIpc) is 3.16. The highest BCUT2D eigenvalue weighted by atomic mass is 16.6. The number of amides is 2. The van der Waals surface area contributed by atoms with E-state index >= 15 is 0 Å². The Morgan fingerprint density at radius 3 is 2.85 bits per heavy atom. The lowest BCUT2D eigenvalue weighted by Gasteiger charge is -2.40. The molecule has 4 rings (SSSR count). The van der Waals surface area contributed by atoms with Crippen LogP contribution in [-0.4, -0.2) is 62.9 Å². The molecule has 1 aromatic rings. The summed E-state index contributed by atoms with van der Waals surface area (Å²) in [6.07, 6.45) is 1.42. The topological polar surface area (TPSA) is 79.9 Å². The lowest BCUT2D eigenvalue weighted by molar-refractivity contribution is -0.123. The van der Waals surface area contributed by atoms with Gasteiger partial charge in [-0.05, 0) is 37.1 Å². The van der Waals surface area contributed by atoms with Crippen LogP contribution in [-0.2, 0) is 19.7 Å². The molecule has 140 valence electrons. The van der Waals surface area contributed by atoms with Crippen LogP contribution in [0, 0.1) is 0 Å². The second kappa shape index (κ2) is 6.89. The van der Waals surface area contributed by atoms with E-state index in [1.807, 2.05) is 6.07 Å². The van der Waals surface area contributed by atoms with E-state index in [4.69, 9.17) is 9.47 Å². The maximum absolute atomic E-state index is 12.6. The van der Waals surface area contributed by atoms with Crippen LogP contribution in [0.4, 0.5) is 4.79 Å². The number of methoxy groups -OCH3 is 1. The van der Waals surface area contributed by atoms with E-state index in [1.54, 1.807) is 7.11 Å². The zero-order chi connectivity index (χ0) is 18.1. The van der Waals surface area contributed by atoms with Gasteiger partial charge < -0.3 is 20.1 Å². The molecule has 0 aromatic heterocycles. The molecule has 2 atom stereocenters. The Labute approximate surface area is 153 Å². The van der Waals surface area contributed by atoms with Crippen molar-refractivity contribution in [3.63, 3.8) is 0 Å². The fourth-order valence-corrected chi connectivity index (χ4v) is 4.76. The van der Waals surface area contributed by atoms with Gasteiger partial charge in [-0.15, -0.1) is 0 Å². The molecule has 1 aliphatic carbocycles. The predicted octanol–water partition coefficient (Wildman–Crippen LogP) is 0.946. The van der Waals surface area contributed by atoms with Crippen molar-refractivity contribution in [3.8, 4) is 0 Å². The Bertz CT molecular complexity index is 702. The molecular weight excluding hydrogens is 334 g/mol. The number of carbonyl (C=O) groups excluding carboxylic acids is 2. The molecule has 2 amide bonds. The SMILES string of the molecule is CO[C@@H]1[C@@H](NC(=O)CN2CCOC2=O)c2ccccc2C12CCNCC2. The van der Waals surface area contributed by atoms with Crippen LogP contribution in [0.25, 0.3) is 0 Å². The van der Waals surface area contributed by atoms with Gasteiger partial charge in [0.25, 0.3) is 0 Å². The third kappa shape index (κ3) is 2.75. The molecule has 0 radical (unpaired) electrons. The van der Waals surface area contributed by atoms with Crippen molar-refractivity contribution >= 4 is 12.0 Å². The summed E-state index contributed by atoms with van der Waals surface area (Å²) in [6.45, 7) is 2.69. The Kier molecular flexibility index (Phi) is 4.58. The van der Waals surface area contributed by atoms with E-state index in [2.05, 4.69) is 28.8 Å². The highest BCUT2D eigenvalue weighted by molar-refractivity contribution is 5.83. The number of rotatable bonds is 4. The molecule has 2 aliphatic heterocycles. The molecule has 2 fully saturated rings. The number of ether oxygens (including phenoxy) is 2. The van der Waals surface area contributed by atoms with Gasteiger partial charge in [0.05, 0.1) is 18.7 Å². The van der Waals surface area contributed by atoms with Crippen molar-refractivity contribution in [2.45, 2.75) is 30.4 Å². The minimum Gasteiger partial charge on any atom is -0.448 e. The van der Waals surface area contributed by atoms with Crippen molar-refractivity contribution < 1.29 is 19.1 Å². The van der Waals surface area contributed by atoms with E-state index < -0.39 is 6.09 Å². The molecule has 26 heavy (non-hydrogen) atoms. The lowest BCUT2D eigenvalue weighted by atomic mass is 9.72. The second-order valence-electron chi connectivity index (χ2n) is 7.23. The standard InChI is InChI=1S/C19H25N3O4/c1-25-17-16(21-15(23)12-22-10-11-26-18(22)24)13-4-2-3-5-14(13)19(17)6-8-20-9-7-19/h2-5,16-17,20H,6-12H2,1H3,(H,21,23)/t16-,17+/m0/s1. The molecule has 2 N–H and O–H groups in total. The summed E-state index contributed by atoms with van der Waals surface area (Å²) < 4.78 is 10.8. The number of hydrogen-bond acceptors (Lipinski definition) is 5. The number of carbonyl (C=O) groups is 2. The molecule has 3 aliphatic rings. The van der Waals surface area contributed by atoms with Gasteiger partial charge in [0.1, 0.15) is 13.2 Å². The van der Waals surface area contributed by atoms with Crippen molar-refractivity contribution in [1.29, 1.82) is 0 Å². The quantitative estimate of drug-likeness (QED) is 0.837. The Hall–Kier alpha value is -2.12. The Morgan fingerprint density at radius 2 is 2.15 bits per heavy atom. The molecule has 1 spiro atoms. The molecular formula is C19H25N3O4. The fraction of sp³-hybridized carbons (Fsp3) is 0.579. The largest absolute Gasteiger partial charge is 0.448 e. The number of nitrogens with zero attached hydrogens (tertiary/aromatic N) is 1. The van der Waals surface area contributed by atoms with E-state index in [9.17, 15) is 9.59 Å². The number of hydrogen-bond donors (Lipinski definition) is 2. The molecule has 0 unspecified atom stereocenters. The van der Waals surface area contributed by atoms with Gasteiger partial charge in [0, 0.05) is 12.5 Å². The van der Waals surface area contributed by atoms with Crippen LogP contribution in [0.5, 0.6) is 0 Å². The maximum Gasteiger partial charge on any atom is 0.410 e. The second-order valence-corrected chi connectivity index (χ2v) is 7.23. The first-order valence-electron chi connectivity index (χ1n) is 9.20. The van der Waals surface area contributed by atoms with Crippen LogP contribution in [0.15, 0.2) is 24.3 Å². The minimum absolute atomic E-state index is 0.0164. The summed E-state index contributed by atoms with van der Waals surface area (Å²) in [7, 11) is 1.72. The third-order valence-electron chi connectivity index (χ3n) is 5.93. The van der Waals surface area contributed by atoms with Gasteiger partial charge in [-0.1, -0.05) is 24.3 Å². The molecule has 1 aromatic carbocycles. The Morgan fingerprint density at radius 1 is 1.38 bits per heavy atom. The molecule has 2 heterocycles. The van der Waals surface area contributed by atoms with Crippen LogP contribution in [0.2, 0.25) is 0 Å². The third-order valence-corrected chi connectivity index (χ3v) is 5.93. The van der Waals surface area contributed by atoms with Crippen LogP contribution in [0.3, 0.4) is 0 Å². The van der Waals surface area contributed by atoms with Gasteiger partial charge in [0.2, 0.25) is 5.91 Å². The number of fused-ring (bicyclic) bond motifs is 2. The van der Waals surface area contributed by atoms with Gasteiger partial charge >= 0.3 is 6.09 Å². The summed E-state index contributed by atoms with van der Waals surface area (Å²) in [5.41, 5.74) is 2.32. The zero-order valence-electron chi connectivity index (χ0n) is 15.0. The smallest absolute Gasteiger partial charge is 0.410 e. The molecule has 2 saturated heterocycles. The summed E-state index contributed by atoms with van der Waals surface area (Å²) in [5, 5.41) is 6.54. The lowest BCUT2D eigenvalue weighted by Crippen LogP contribution is -2.50. The van der Waals surface area contributed by atoms with Crippen LogP contribution in [0.1, 0.15) is 30.0 Å². The van der Waals surface area contributed by atoms with E-state index in [-0.39, 0.29) is 30.0 Å². The molecule has 7 heteroatoms. The van der Waals surface area contributed by atoms with Crippen molar-refractivity contribution in [2.75, 3.05) is 39.9 Å². The van der Waals surface area contributed by atoms with Crippen molar-refractivity contribution in [1.82, 2.24) is 15.5 Å². The van der Waals surface area contributed by atoms with E-state index in [1.165, 1.54) is 10.5 Å². The van der Waals surface area contributed by atoms with E-state index in [0.717, 1.165) is 31.5 Å². The molecule has 0 bridgehead atoms. The fourth-order valence-electron chi connectivity index (χ4n) is 4.76. The normalized spacial score (nSPS) is 26.7. The average molecular weight is 359 g/mol. The predicted molar refractivity (Wildman–Crippen MR) is 94.8 cm³/mol. The first kappa shape index (κ1) is 17.3. The van der Waals surface area contributed by atoms with Crippen molar-refractivity contribution in [3.05, 3.63) is 35.4 Å². The molecule has 0 saturated carbocycles. The van der Waals surface area contributed by atoms with Gasteiger partial charge in [-0.2, -0.15) is 0 Å². The summed E-state index contributed by atoms with van der Waals surface area (Å²) in [6, 6.07) is 8.09. The van der Waals surface area contributed by atoms with Crippen LogP contribution >= 0.6 is 0 Å². The van der Waals surface area contributed by atoms with Gasteiger partial charge in [0.15, 0.2) is 0 Å². The number of benzene rings is 1. The number of piperidine rings is 1. The Balaban J connectivity index is 1.58. The summed E-state index contributed by atoms with van der Waals surface area (Å²) in [4.78, 5) is 25.6. The first-order valence-corrected chi connectivity index (χ1v) is 9.20. The number of nitrogens with one attached hydrogen (secondary N) is 2. The van der Waals surface area contributed by atoms with Gasteiger partial charge in [-0.25, -0.2) is 4.79 Å². The molecule has 7 nitrogen and oxygen atoms in total.